The van der Waals surface area contributed by atoms with Gasteiger partial charge in [-0.3, -0.25) is 4.79 Å². The van der Waals surface area contributed by atoms with E-state index < -0.39 is 12.1 Å². The Morgan fingerprint density at radius 2 is 1.44 bits per heavy atom. The van der Waals surface area contributed by atoms with Crippen molar-refractivity contribution < 1.29 is 23.8 Å². The highest BCUT2D eigenvalue weighted by atomic mass is 16.5. The smallest absolute Gasteiger partial charge is 0.338 e. The summed E-state index contributed by atoms with van der Waals surface area (Å²) in [6, 6.07) is 13.8. The zero-order chi connectivity index (χ0) is 18.2. The highest BCUT2D eigenvalue weighted by Crippen LogP contribution is 2.13. The highest BCUT2D eigenvalue weighted by Gasteiger charge is 2.18. The maximum Gasteiger partial charge on any atom is 0.338 e. The van der Waals surface area contributed by atoms with Crippen LogP contribution in [0.3, 0.4) is 0 Å². The third kappa shape index (κ3) is 5.24. The lowest BCUT2D eigenvalue weighted by molar-refractivity contribution is -0.129. The summed E-state index contributed by atoms with van der Waals surface area (Å²) in [5, 5.41) is 2.73. The minimum absolute atomic E-state index is 0.341. The molecule has 2 aromatic carbocycles. The van der Waals surface area contributed by atoms with E-state index in [4.69, 9.17) is 14.2 Å². The van der Waals surface area contributed by atoms with Gasteiger partial charge in [-0.1, -0.05) is 12.1 Å². The van der Waals surface area contributed by atoms with Crippen LogP contribution in [0.5, 0.6) is 11.5 Å². The Balaban J connectivity index is 1.84. The van der Waals surface area contributed by atoms with Crippen molar-refractivity contribution in [3.63, 3.8) is 0 Å². The van der Waals surface area contributed by atoms with E-state index in [1.807, 2.05) is 24.3 Å². The molecule has 0 aliphatic rings. The maximum absolute atomic E-state index is 12.1. The minimum atomic E-state index is -0.896. The standard InChI is InChI=1S/C19H21NO5/c1-13(25-19(22)15-6-10-17(24-3)11-7-15)18(21)20-12-14-4-8-16(23-2)9-5-14/h4-11,13H,12H2,1-3H3,(H,20,21)/t13-/m0/s1. The maximum atomic E-state index is 12.1. The van der Waals surface area contributed by atoms with Crippen LogP contribution in [0.25, 0.3) is 0 Å². The van der Waals surface area contributed by atoms with Crippen LogP contribution < -0.4 is 14.8 Å². The number of hydrogen-bond donors (Lipinski definition) is 1. The first kappa shape index (κ1) is 18.3. The van der Waals surface area contributed by atoms with E-state index in [0.717, 1.165) is 11.3 Å². The van der Waals surface area contributed by atoms with Crippen molar-refractivity contribution in [2.24, 2.45) is 0 Å². The molecule has 0 unspecified atom stereocenters. The summed E-state index contributed by atoms with van der Waals surface area (Å²) in [4.78, 5) is 24.1. The topological polar surface area (TPSA) is 73.9 Å². The molecule has 1 amide bonds. The van der Waals surface area contributed by atoms with E-state index in [1.165, 1.54) is 6.92 Å². The van der Waals surface area contributed by atoms with Crippen molar-refractivity contribution in [3.8, 4) is 11.5 Å². The molecule has 0 fully saturated rings. The van der Waals surface area contributed by atoms with Crippen LogP contribution >= 0.6 is 0 Å². The van der Waals surface area contributed by atoms with Gasteiger partial charge in [0.2, 0.25) is 0 Å². The van der Waals surface area contributed by atoms with Gasteiger partial charge in [-0.05, 0) is 48.9 Å². The molecule has 6 heteroatoms. The predicted molar refractivity (Wildman–Crippen MR) is 92.7 cm³/mol. The summed E-state index contributed by atoms with van der Waals surface area (Å²) in [5.74, 6) is 0.464. The molecular weight excluding hydrogens is 322 g/mol. The second kappa shape index (κ2) is 8.73. The van der Waals surface area contributed by atoms with Crippen LogP contribution in [0.4, 0.5) is 0 Å². The lowest BCUT2D eigenvalue weighted by Crippen LogP contribution is -2.35. The van der Waals surface area contributed by atoms with Gasteiger partial charge in [0, 0.05) is 6.54 Å². The quantitative estimate of drug-likeness (QED) is 0.782. The van der Waals surface area contributed by atoms with Crippen molar-refractivity contribution in [3.05, 3.63) is 59.7 Å². The zero-order valence-corrected chi connectivity index (χ0v) is 14.4. The minimum Gasteiger partial charge on any atom is -0.497 e. The molecule has 25 heavy (non-hydrogen) atoms. The average molecular weight is 343 g/mol. The fourth-order valence-electron chi connectivity index (χ4n) is 2.09. The Morgan fingerprint density at radius 3 is 1.96 bits per heavy atom. The fourth-order valence-corrected chi connectivity index (χ4v) is 2.09. The number of esters is 1. The first-order valence-corrected chi connectivity index (χ1v) is 7.79. The number of nitrogens with one attached hydrogen (secondary N) is 1. The van der Waals surface area contributed by atoms with E-state index in [-0.39, 0.29) is 5.91 Å². The number of benzene rings is 2. The van der Waals surface area contributed by atoms with E-state index in [1.54, 1.807) is 38.5 Å². The molecule has 1 N–H and O–H groups in total. The Hall–Kier alpha value is -3.02. The summed E-state index contributed by atoms with van der Waals surface area (Å²) in [5.41, 5.74) is 1.28. The highest BCUT2D eigenvalue weighted by molar-refractivity contribution is 5.92. The third-order valence-corrected chi connectivity index (χ3v) is 3.60. The molecule has 0 aliphatic carbocycles. The molecule has 0 saturated heterocycles. The summed E-state index contributed by atoms with van der Waals surface area (Å²) >= 11 is 0. The van der Waals surface area contributed by atoms with Gasteiger partial charge in [0.25, 0.3) is 5.91 Å². The van der Waals surface area contributed by atoms with Crippen molar-refractivity contribution >= 4 is 11.9 Å². The largest absolute Gasteiger partial charge is 0.497 e. The van der Waals surface area contributed by atoms with E-state index in [9.17, 15) is 9.59 Å². The van der Waals surface area contributed by atoms with Gasteiger partial charge in [-0.15, -0.1) is 0 Å². The zero-order valence-electron chi connectivity index (χ0n) is 14.4. The first-order chi connectivity index (χ1) is 12.0. The lowest BCUT2D eigenvalue weighted by Gasteiger charge is -2.14. The van der Waals surface area contributed by atoms with Gasteiger partial charge in [-0.25, -0.2) is 4.79 Å². The van der Waals surface area contributed by atoms with Crippen LogP contribution in [0.1, 0.15) is 22.8 Å². The Kier molecular flexibility index (Phi) is 6.39. The van der Waals surface area contributed by atoms with Gasteiger partial charge in [-0.2, -0.15) is 0 Å². The molecule has 0 aromatic heterocycles. The molecular formula is C19H21NO5. The van der Waals surface area contributed by atoms with Crippen LogP contribution in [-0.4, -0.2) is 32.2 Å². The van der Waals surface area contributed by atoms with Crippen LogP contribution in [0.15, 0.2) is 48.5 Å². The SMILES string of the molecule is COc1ccc(CNC(=O)[C@H](C)OC(=O)c2ccc(OC)cc2)cc1. The number of carbonyl (C=O) groups is 2. The lowest BCUT2D eigenvalue weighted by atomic mass is 10.2. The molecule has 0 bridgehead atoms. The Labute approximate surface area is 146 Å². The Morgan fingerprint density at radius 1 is 0.920 bits per heavy atom. The molecule has 0 radical (unpaired) electrons. The summed E-state index contributed by atoms with van der Waals surface area (Å²) in [7, 11) is 3.14. The van der Waals surface area contributed by atoms with Crippen molar-refractivity contribution in [2.45, 2.75) is 19.6 Å². The molecule has 2 rings (SSSR count). The third-order valence-electron chi connectivity index (χ3n) is 3.60. The number of amides is 1. The van der Waals surface area contributed by atoms with E-state index in [2.05, 4.69) is 5.32 Å². The molecule has 1 atom stereocenters. The van der Waals surface area contributed by atoms with Crippen molar-refractivity contribution in [2.75, 3.05) is 14.2 Å². The predicted octanol–water partition coefficient (Wildman–Crippen LogP) is 2.57. The van der Waals surface area contributed by atoms with Gasteiger partial charge >= 0.3 is 5.97 Å². The van der Waals surface area contributed by atoms with Crippen molar-refractivity contribution in [1.82, 2.24) is 5.32 Å². The molecule has 6 nitrogen and oxygen atoms in total. The number of rotatable bonds is 7. The Bertz CT molecular complexity index is 710. The molecule has 132 valence electrons. The number of carbonyl (C=O) groups excluding carboxylic acids is 2. The van der Waals surface area contributed by atoms with Crippen LogP contribution in [-0.2, 0) is 16.1 Å². The molecule has 0 saturated carbocycles. The van der Waals surface area contributed by atoms with Gasteiger partial charge < -0.3 is 19.5 Å². The number of methoxy groups -OCH3 is 2. The van der Waals surface area contributed by atoms with Crippen LogP contribution in [0, 0.1) is 0 Å². The van der Waals surface area contributed by atoms with E-state index >= 15 is 0 Å². The second-order valence-electron chi connectivity index (χ2n) is 5.34. The second-order valence-corrected chi connectivity index (χ2v) is 5.34. The number of hydrogen-bond acceptors (Lipinski definition) is 5. The van der Waals surface area contributed by atoms with Crippen LogP contribution in [0.2, 0.25) is 0 Å². The summed E-state index contributed by atoms with van der Waals surface area (Å²) in [6.07, 6.45) is -0.896. The first-order valence-electron chi connectivity index (χ1n) is 7.79. The normalized spacial score (nSPS) is 11.3. The summed E-state index contributed by atoms with van der Waals surface area (Å²) in [6.45, 7) is 1.87. The molecule has 0 aliphatic heterocycles. The molecule has 0 heterocycles. The fraction of sp³-hybridized carbons (Fsp3) is 0.263. The summed E-state index contributed by atoms with van der Waals surface area (Å²) < 4.78 is 15.3. The van der Waals surface area contributed by atoms with Gasteiger partial charge in [0.1, 0.15) is 11.5 Å². The van der Waals surface area contributed by atoms with Gasteiger partial charge in [0.15, 0.2) is 6.10 Å². The van der Waals surface area contributed by atoms with Crippen molar-refractivity contribution in [1.29, 1.82) is 0 Å². The molecule has 2 aromatic rings. The monoisotopic (exact) mass is 343 g/mol. The number of ether oxygens (including phenoxy) is 3. The average Bonchev–Trinajstić information content (AvgIpc) is 2.66. The van der Waals surface area contributed by atoms with Gasteiger partial charge in [0.05, 0.1) is 19.8 Å². The molecule has 0 spiro atoms. The van der Waals surface area contributed by atoms with E-state index in [0.29, 0.717) is 17.9 Å².